The first kappa shape index (κ1) is 68.9. The number of likely N-dealkylation sites (N-methyl/N-ethyl adjacent to an activating group) is 5. The van der Waals surface area contributed by atoms with Crippen LogP contribution in [0.1, 0.15) is 20.8 Å². The maximum atomic E-state index is 11.9. The van der Waals surface area contributed by atoms with Crippen LogP contribution in [0.25, 0.3) is 0 Å². The first-order valence-electron chi connectivity index (χ1n) is 29.1. The zero-order chi connectivity index (χ0) is 60.5. The molecule has 8 fully saturated rings. The van der Waals surface area contributed by atoms with E-state index in [0.29, 0.717) is 119 Å². The normalized spacial score (nSPS) is 32.5. The molecule has 82 heavy (non-hydrogen) atoms. The Morgan fingerprint density at radius 2 is 0.573 bits per heavy atom. The highest BCUT2D eigenvalue weighted by Gasteiger charge is 2.51. The van der Waals surface area contributed by atoms with Crippen molar-refractivity contribution in [3.8, 4) is 61.7 Å². The summed E-state index contributed by atoms with van der Waals surface area (Å²) in [6, 6.07) is 0. The fourth-order valence-electron chi connectivity index (χ4n) is 11.1. The Kier molecular flexibility index (Phi) is 26.4. The summed E-state index contributed by atoms with van der Waals surface area (Å²) in [5, 5.41) is 0. The maximum absolute atomic E-state index is 11.9. The second-order valence-corrected chi connectivity index (χ2v) is 26.6. The Morgan fingerprint density at radius 1 is 0.354 bits per heavy atom. The maximum Gasteiger partial charge on any atom is 0.362 e. The number of carbonyl (C=O) groups excluding carboxylic acids is 2. The van der Waals surface area contributed by atoms with Crippen LogP contribution in [0.2, 0.25) is 0 Å². The topological polar surface area (TPSA) is 154 Å². The van der Waals surface area contributed by atoms with Crippen LogP contribution >= 0.6 is 0 Å². The van der Waals surface area contributed by atoms with Crippen molar-refractivity contribution in [2.24, 2.45) is 17.8 Å². The summed E-state index contributed by atoms with van der Waals surface area (Å²) < 4.78 is 77.9. The third kappa shape index (κ3) is 21.0. The molecule has 0 spiro atoms. The van der Waals surface area contributed by atoms with E-state index in [1.165, 1.54) is 0 Å². The van der Waals surface area contributed by atoms with Gasteiger partial charge >= 0.3 is 11.9 Å². The van der Waals surface area contributed by atoms with Gasteiger partial charge in [-0.3, -0.25) is 0 Å². The van der Waals surface area contributed by atoms with Gasteiger partial charge in [-0.1, -0.05) is 20.8 Å². The summed E-state index contributed by atoms with van der Waals surface area (Å²) in [5.74, 6) is 13.9. The molecule has 20 nitrogen and oxygen atoms in total. The molecule has 8 rings (SSSR count). The predicted octanol–water partition coefficient (Wildman–Crippen LogP) is 0.571. The van der Waals surface area contributed by atoms with E-state index in [-0.39, 0.29) is 104 Å². The summed E-state index contributed by atoms with van der Waals surface area (Å²) in [4.78, 5) is 23.9. The van der Waals surface area contributed by atoms with Crippen LogP contribution in [0.15, 0.2) is 0 Å². The molecule has 0 amide bonds. The Morgan fingerprint density at radius 3 is 0.854 bits per heavy atom. The summed E-state index contributed by atoms with van der Waals surface area (Å²) in [5.41, 5.74) is 0. The second kappa shape index (κ2) is 31.5. The molecule has 8 saturated heterocycles. The number of fused-ring (bicyclic) bond motifs is 4. The average molecular weight is 1160 g/mol. The first-order chi connectivity index (χ1) is 38.7. The molecule has 460 valence electrons. The minimum atomic E-state index is -0.284. The van der Waals surface area contributed by atoms with Gasteiger partial charge in [-0.15, -0.1) is 32.1 Å². The minimum absolute atomic E-state index is 0.0342. The summed E-state index contributed by atoms with van der Waals surface area (Å²) >= 11 is 0. The lowest BCUT2D eigenvalue weighted by Crippen LogP contribution is -2.46. The fraction of sp³-hybridized carbons (Fsp3) is 0.806. The van der Waals surface area contributed by atoms with Crippen molar-refractivity contribution in [3.63, 3.8) is 0 Å². The van der Waals surface area contributed by atoms with E-state index >= 15 is 0 Å². The highest BCUT2D eigenvalue weighted by molar-refractivity contribution is 5.71. The second-order valence-electron chi connectivity index (χ2n) is 26.6. The van der Waals surface area contributed by atoms with Gasteiger partial charge in [0.15, 0.2) is 25.3 Å². The number of terminal acetylenes is 5. The van der Waals surface area contributed by atoms with Crippen LogP contribution < -0.4 is 0 Å². The third-order valence-electron chi connectivity index (χ3n) is 16.1. The van der Waals surface area contributed by atoms with Gasteiger partial charge in [0.1, 0.15) is 101 Å². The average Bonchev–Trinajstić information content (AvgIpc) is 4.43. The number of rotatable bonds is 23. The van der Waals surface area contributed by atoms with Gasteiger partial charge in [0.25, 0.3) is 0 Å². The van der Waals surface area contributed by atoms with E-state index < -0.39 is 0 Å². The lowest BCUT2D eigenvalue weighted by molar-refractivity contribution is -0.883. The summed E-state index contributed by atoms with van der Waals surface area (Å²) in [6.45, 7) is 19.3. The SMILES string of the molecule is C#CC[N+](C)(C)CC(=O)O[C@@H]1CO[C@H]2[C@@H]1OC[C@@H]2C.C#CC[N+](C)(C)CC(=O)O[C@H]1CO[C@H]2[C@@H]1OC[C@H]2C.C#CC[N+](C)(C)CCO[C@@H]1CO[C@H]2[C@@H]1OC[C@@H]2C.C#CC[N+](C)(C)CCO[C@H]1CO[C@H]2[C@@H]1OC[C@H]2OCC[N+](C)(C)CC#C. The van der Waals surface area contributed by atoms with Crippen LogP contribution in [0.4, 0.5) is 0 Å². The van der Waals surface area contributed by atoms with Gasteiger partial charge in [-0.2, -0.15) is 0 Å². The molecule has 0 aliphatic carbocycles. The third-order valence-corrected chi connectivity index (χ3v) is 16.1. The lowest BCUT2D eigenvalue weighted by Gasteiger charge is -2.28. The van der Waals surface area contributed by atoms with Crippen molar-refractivity contribution in [2.75, 3.05) is 209 Å². The molecule has 0 N–H and O–H groups in total. The van der Waals surface area contributed by atoms with E-state index in [0.717, 1.165) is 46.2 Å². The van der Waals surface area contributed by atoms with Crippen molar-refractivity contribution >= 4 is 11.9 Å². The molecule has 0 unspecified atom stereocenters. The van der Waals surface area contributed by atoms with Gasteiger partial charge in [-0.25, -0.2) is 9.59 Å². The number of ether oxygens (including phenoxy) is 13. The Hall–Kier alpha value is -3.90. The lowest BCUT2D eigenvalue weighted by atomic mass is 10.0. The minimum Gasteiger partial charge on any atom is -0.453 e. The molecule has 0 radical (unpaired) electrons. The molecule has 8 heterocycles. The first-order valence-corrected chi connectivity index (χ1v) is 29.1. The van der Waals surface area contributed by atoms with E-state index in [2.05, 4.69) is 92.7 Å². The number of quaternary nitrogens is 5. The van der Waals surface area contributed by atoms with Crippen LogP contribution in [-0.2, 0) is 71.2 Å². The monoisotopic (exact) mass is 1160 g/mol. The zero-order valence-electron chi connectivity index (χ0n) is 51.8. The van der Waals surface area contributed by atoms with Gasteiger partial charge in [-0.05, 0) is 29.6 Å². The molecule has 0 aromatic rings. The predicted molar refractivity (Wildman–Crippen MR) is 308 cm³/mol. The van der Waals surface area contributed by atoms with E-state index in [1.54, 1.807) is 0 Å². The van der Waals surface area contributed by atoms with Crippen molar-refractivity contribution < 1.29 is 93.6 Å². The highest BCUT2D eigenvalue weighted by atomic mass is 16.7. The molecular weight excluding hydrogens is 1050 g/mol. The standard InChI is InChI=1S/C20H34N2O4.2C14H22NO4.C14H24NO3/c1-7-9-21(3,4)11-13-23-17-15-25-20-18(16-26-19(17)20)24-14-12-22(5,6)10-8-2;2*1-5-6-15(3,4)7-12(16)19-11-9-18-13-10(2)8-17-14(11)13;1-5-6-15(3,4)7-8-16-12-10-18-13-11(2)9-17-14(12)13/h1-2,17-20H,9-16H2,3-6H3;2*1,10-11,13-14H,6-9H2,2-4H3;1,11-14H,6-10H2,2-4H3/q+2;3*+1/t17-,18+,19-,20-;10-,11+,13+,14+;10-,11+,13-,14-;11-,12+,13+,14+/m1010/s1. The van der Waals surface area contributed by atoms with Gasteiger partial charge in [0.05, 0.1) is 161 Å². The quantitative estimate of drug-likeness (QED) is 0.0796. The van der Waals surface area contributed by atoms with Crippen LogP contribution in [-0.4, -0.2) is 322 Å². The highest BCUT2D eigenvalue weighted by Crippen LogP contribution is 2.35. The molecule has 20 heteroatoms. The fourth-order valence-corrected chi connectivity index (χ4v) is 11.1. The van der Waals surface area contributed by atoms with Crippen molar-refractivity contribution in [3.05, 3.63) is 0 Å². The van der Waals surface area contributed by atoms with E-state index in [1.807, 2.05) is 28.2 Å². The number of hydrogen-bond acceptors (Lipinski definition) is 15. The number of hydrogen-bond donors (Lipinski definition) is 0. The van der Waals surface area contributed by atoms with Crippen molar-refractivity contribution in [2.45, 2.75) is 100 Å². The zero-order valence-corrected chi connectivity index (χ0v) is 51.8. The molecule has 0 saturated carbocycles. The number of nitrogens with zero attached hydrogens (tertiary/aromatic N) is 5. The van der Waals surface area contributed by atoms with Gasteiger partial charge < -0.3 is 84.0 Å². The van der Waals surface area contributed by atoms with Crippen LogP contribution in [0, 0.1) is 79.5 Å². The molecular formula is C62H102N5O15+5. The van der Waals surface area contributed by atoms with E-state index in [4.69, 9.17) is 93.7 Å². The van der Waals surface area contributed by atoms with Crippen LogP contribution in [0.5, 0.6) is 0 Å². The van der Waals surface area contributed by atoms with Gasteiger partial charge in [0, 0.05) is 17.8 Å². The molecule has 16 atom stereocenters. The summed E-state index contributed by atoms with van der Waals surface area (Å²) in [6.07, 6.45) is 26.3. The van der Waals surface area contributed by atoms with Crippen LogP contribution in [0.3, 0.4) is 0 Å². The summed E-state index contributed by atoms with van der Waals surface area (Å²) in [7, 11) is 20.3. The number of carbonyl (C=O) groups is 2. The largest absolute Gasteiger partial charge is 0.453 e. The Labute approximate surface area is 492 Å². The molecule has 8 aliphatic rings. The van der Waals surface area contributed by atoms with E-state index in [9.17, 15) is 9.59 Å². The smallest absolute Gasteiger partial charge is 0.362 e. The molecule has 0 aromatic heterocycles. The number of esters is 2. The molecule has 8 aliphatic heterocycles. The Bertz CT molecular complexity index is 2120. The molecule has 0 aromatic carbocycles. The van der Waals surface area contributed by atoms with Crippen molar-refractivity contribution in [1.82, 2.24) is 0 Å². The Balaban J connectivity index is 0.000000203. The molecule has 0 bridgehead atoms. The van der Waals surface area contributed by atoms with Gasteiger partial charge in [0.2, 0.25) is 0 Å². The van der Waals surface area contributed by atoms with Crippen molar-refractivity contribution in [1.29, 1.82) is 0 Å².